The molecule has 0 aliphatic carbocycles. The molecule has 0 radical (unpaired) electrons. The van der Waals surface area contributed by atoms with Gasteiger partial charge in [0.2, 0.25) is 5.95 Å². The molecular weight excluding hydrogens is 233 g/mol. The van der Waals surface area contributed by atoms with Gasteiger partial charge in [-0.1, -0.05) is 11.6 Å². The molecule has 2 N–H and O–H groups in total. The molecule has 1 aliphatic rings. The Hall–Kier alpha value is -1.95. The van der Waals surface area contributed by atoms with E-state index in [1.165, 1.54) is 22.4 Å². The van der Waals surface area contributed by atoms with E-state index >= 15 is 0 Å². The Balaban J connectivity index is 1.72. The van der Waals surface area contributed by atoms with E-state index in [0.29, 0.717) is 11.6 Å². The van der Waals surface area contributed by atoms with Gasteiger partial charge in [0.25, 0.3) is 0 Å². The van der Waals surface area contributed by atoms with Crippen LogP contribution in [0.4, 0.5) is 10.3 Å². The molecule has 0 bridgehead atoms. The quantitative estimate of drug-likeness (QED) is 0.800. The van der Waals surface area contributed by atoms with Crippen molar-refractivity contribution in [3.63, 3.8) is 0 Å². The van der Waals surface area contributed by atoms with Crippen molar-refractivity contribution in [2.24, 2.45) is 0 Å². The van der Waals surface area contributed by atoms with Crippen LogP contribution in [0.2, 0.25) is 0 Å². The topological polar surface area (TPSA) is 54.2 Å². The van der Waals surface area contributed by atoms with Gasteiger partial charge in [0.1, 0.15) is 5.82 Å². The van der Waals surface area contributed by atoms with E-state index < -0.39 is 0 Å². The van der Waals surface area contributed by atoms with E-state index in [9.17, 15) is 4.39 Å². The fraction of sp³-hybridized carbons (Fsp3) is 0.333. The van der Waals surface area contributed by atoms with Gasteiger partial charge >= 0.3 is 0 Å². The Morgan fingerprint density at radius 1 is 1.44 bits per heavy atom. The second kappa shape index (κ2) is 4.73. The van der Waals surface area contributed by atoms with Crippen LogP contribution in [0.15, 0.2) is 30.0 Å². The lowest BCUT2D eigenvalue weighted by atomic mass is 10.1. The number of anilines is 1. The van der Waals surface area contributed by atoms with Crippen LogP contribution in [-0.4, -0.2) is 34.2 Å². The Bertz CT molecular complexity index is 589. The summed E-state index contributed by atoms with van der Waals surface area (Å²) in [5, 5.41) is 10.6. The molecule has 0 saturated heterocycles. The smallest absolute Gasteiger partial charge is 0.243 e. The number of pyridine rings is 1. The predicted octanol–water partition coefficient (Wildman–Crippen LogP) is 1.20. The van der Waals surface area contributed by atoms with Crippen molar-refractivity contribution < 1.29 is 4.39 Å². The molecule has 0 saturated carbocycles. The van der Waals surface area contributed by atoms with E-state index in [-0.39, 0.29) is 5.82 Å². The Kier molecular flexibility index (Phi) is 2.93. The maximum absolute atomic E-state index is 13.0. The van der Waals surface area contributed by atoms with Crippen molar-refractivity contribution in [2.45, 2.75) is 6.42 Å². The Labute approximate surface area is 104 Å². The second-order valence-electron chi connectivity index (χ2n) is 4.26. The highest BCUT2D eigenvalue weighted by molar-refractivity contribution is 5.43. The normalized spacial score (nSPS) is 15.7. The molecule has 18 heavy (non-hydrogen) atoms. The van der Waals surface area contributed by atoms with Gasteiger partial charge in [-0.15, -0.1) is 5.10 Å². The van der Waals surface area contributed by atoms with Crippen LogP contribution in [0.25, 0.3) is 5.65 Å². The van der Waals surface area contributed by atoms with Gasteiger partial charge < -0.3 is 10.6 Å². The molecule has 0 spiro atoms. The number of nitrogens with zero attached hydrogens (tertiary/aromatic N) is 3. The molecule has 5 nitrogen and oxygen atoms in total. The second-order valence-corrected chi connectivity index (χ2v) is 4.26. The SMILES string of the molecule is Fc1ccc2nc(NCC3=CCNCC3)nn2c1. The standard InChI is InChI=1S/C12H14FN5/c13-10-1-2-11-16-12(17-18(11)8-10)15-7-9-3-5-14-6-4-9/h1-3,8,14H,4-7H2,(H,15,17). The third-order valence-electron chi connectivity index (χ3n) is 2.93. The van der Waals surface area contributed by atoms with Gasteiger partial charge in [-0.05, 0) is 25.1 Å². The van der Waals surface area contributed by atoms with Gasteiger partial charge in [-0.25, -0.2) is 8.91 Å². The maximum Gasteiger partial charge on any atom is 0.243 e. The molecule has 2 aromatic rings. The number of hydrogen-bond acceptors (Lipinski definition) is 4. The highest BCUT2D eigenvalue weighted by atomic mass is 19.1. The lowest BCUT2D eigenvalue weighted by molar-refractivity contribution is 0.615. The summed E-state index contributed by atoms with van der Waals surface area (Å²) < 4.78 is 14.4. The van der Waals surface area contributed by atoms with Crippen LogP contribution < -0.4 is 10.6 Å². The summed E-state index contributed by atoms with van der Waals surface area (Å²) in [6, 6.07) is 2.99. The van der Waals surface area contributed by atoms with Crippen LogP contribution >= 0.6 is 0 Å². The number of nitrogens with one attached hydrogen (secondary N) is 2. The molecule has 0 aromatic carbocycles. The zero-order valence-electron chi connectivity index (χ0n) is 9.86. The first-order valence-electron chi connectivity index (χ1n) is 5.96. The number of hydrogen-bond donors (Lipinski definition) is 2. The molecule has 2 aromatic heterocycles. The number of aromatic nitrogens is 3. The summed E-state index contributed by atoms with van der Waals surface area (Å²) in [7, 11) is 0. The minimum absolute atomic E-state index is 0.319. The lowest BCUT2D eigenvalue weighted by Crippen LogP contribution is -2.23. The minimum atomic E-state index is -0.319. The largest absolute Gasteiger partial charge is 0.349 e. The Morgan fingerprint density at radius 2 is 2.39 bits per heavy atom. The van der Waals surface area contributed by atoms with E-state index in [2.05, 4.69) is 26.8 Å². The van der Waals surface area contributed by atoms with Gasteiger partial charge in [-0.2, -0.15) is 4.98 Å². The lowest BCUT2D eigenvalue weighted by Gasteiger charge is -2.13. The van der Waals surface area contributed by atoms with Crippen molar-refractivity contribution in [1.82, 2.24) is 19.9 Å². The predicted molar refractivity (Wildman–Crippen MR) is 67.0 cm³/mol. The van der Waals surface area contributed by atoms with Crippen molar-refractivity contribution in [3.8, 4) is 0 Å². The van der Waals surface area contributed by atoms with E-state index in [0.717, 1.165) is 26.1 Å². The van der Waals surface area contributed by atoms with Crippen LogP contribution in [0.3, 0.4) is 0 Å². The van der Waals surface area contributed by atoms with Gasteiger partial charge in [0.05, 0.1) is 6.20 Å². The molecule has 3 heterocycles. The van der Waals surface area contributed by atoms with Crippen molar-refractivity contribution in [2.75, 3.05) is 25.0 Å². The molecule has 6 heteroatoms. The maximum atomic E-state index is 13.0. The van der Waals surface area contributed by atoms with Crippen molar-refractivity contribution in [3.05, 3.63) is 35.8 Å². The highest BCUT2D eigenvalue weighted by Crippen LogP contribution is 2.09. The third kappa shape index (κ3) is 2.33. The zero-order chi connectivity index (χ0) is 12.4. The average molecular weight is 247 g/mol. The zero-order valence-corrected chi connectivity index (χ0v) is 9.86. The average Bonchev–Trinajstić information content (AvgIpc) is 2.79. The highest BCUT2D eigenvalue weighted by Gasteiger charge is 2.06. The summed E-state index contributed by atoms with van der Waals surface area (Å²) in [6.45, 7) is 2.67. The van der Waals surface area contributed by atoms with Crippen molar-refractivity contribution in [1.29, 1.82) is 0 Å². The van der Waals surface area contributed by atoms with Crippen LogP contribution in [0, 0.1) is 5.82 Å². The fourth-order valence-corrected chi connectivity index (χ4v) is 1.96. The number of halogens is 1. The van der Waals surface area contributed by atoms with Crippen LogP contribution in [0.5, 0.6) is 0 Å². The van der Waals surface area contributed by atoms with Gasteiger partial charge in [-0.3, -0.25) is 0 Å². The molecule has 0 fully saturated rings. The molecule has 3 rings (SSSR count). The first-order chi connectivity index (χ1) is 8.81. The summed E-state index contributed by atoms with van der Waals surface area (Å²) in [5.41, 5.74) is 1.98. The minimum Gasteiger partial charge on any atom is -0.349 e. The Morgan fingerprint density at radius 3 is 3.22 bits per heavy atom. The fourth-order valence-electron chi connectivity index (χ4n) is 1.96. The molecule has 0 unspecified atom stereocenters. The first-order valence-corrected chi connectivity index (χ1v) is 5.96. The van der Waals surface area contributed by atoms with E-state index in [4.69, 9.17) is 0 Å². The summed E-state index contributed by atoms with van der Waals surface area (Å²) in [5.74, 6) is 0.208. The van der Waals surface area contributed by atoms with E-state index in [1.54, 1.807) is 6.07 Å². The van der Waals surface area contributed by atoms with E-state index in [1.807, 2.05) is 0 Å². The molecule has 0 atom stereocenters. The molecule has 0 amide bonds. The molecule has 94 valence electrons. The molecular formula is C12H14FN5. The third-order valence-corrected chi connectivity index (χ3v) is 2.93. The summed E-state index contributed by atoms with van der Waals surface area (Å²) in [4.78, 5) is 4.27. The van der Waals surface area contributed by atoms with Crippen molar-refractivity contribution >= 4 is 11.6 Å². The van der Waals surface area contributed by atoms with Gasteiger partial charge in [0.15, 0.2) is 5.65 Å². The first kappa shape index (κ1) is 11.2. The summed E-state index contributed by atoms with van der Waals surface area (Å²) >= 11 is 0. The molecule has 1 aliphatic heterocycles. The number of rotatable bonds is 3. The number of fused-ring (bicyclic) bond motifs is 1. The summed E-state index contributed by atoms with van der Waals surface area (Å²) in [6.07, 6.45) is 4.53. The monoisotopic (exact) mass is 247 g/mol. The van der Waals surface area contributed by atoms with Crippen LogP contribution in [0.1, 0.15) is 6.42 Å². The van der Waals surface area contributed by atoms with Gasteiger partial charge in [0, 0.05) is 13.1 Å². The van der Waals surface area contributed by atoms with Crippen LogP contribution in [-0.2, 0) is 0 Å².